The number of hydrogen-bond donors (Lipinski definition) is 1. The molecular formula is C17H19BrFNO. The monoisotopic (exact) mass is 351 g/mol. The fourth-order valence-electron chi connectivity index (χ4n) is 2.00. The largest absolute Gasteiger partial charge is 0.489 e. The van der Waals surface area contributed by atoms with Gasteiger partial charge in [0.2, 0.25) is 0 Å². The Morgan fingerprint density at radius 1 is 1.14 bits per heavy atom. The average Bonchev–Trinajstić information content (AvgIpc) is 2.50. The summed E-state index contributed by atoms with van der Waals surface area (Å²) >= 11 is 3.13. The van der Waals surface area contributed by atoms with E-state index in [0.29, 0.717) is 16.8 Å². The van der Waals surface area contributed by atoms with E-state index in [0.717, 1.165) is 25.1 Å². The molecule has 2 aromatic carbocycles. The van der Waals surface area contributed by atoms with E-state index >= 15 is 0 Å². The van der Waals surface area contributed by atoms with E-state index in [9.17, 15) is 4.39 Å². The zero-order chi connectivity index (χ0) is 15.1. The van der Waals surface area contributed by atoms with E-state index in [4.69, 9.17) is 4.74 Å². The molecule has 0 spiro atoms. The van der Waals surface area contributed by atoms with Crippen molar-refractivity contribution >= 4 is 15.9 Å². The first-order valence-corrected chi connectivity index (χ1v) is 7.85. The van der Waals surface area contributed by atoms with Crippen molar-refractivity contribution in [2.75, 3.05) is 6.54 Å². The predicted molar refractivity (Wildman–Crippen MR) is 86.9 cm³/mol. The third-order valence-corrected chi connectivity index (χ3v) is 3.79. The molecule has 0 unspecified atom stereocenters. The molecule has 2 rings (SSSR count). The quantitative estimate of drug-likeness (QED) is 0.732. The van der Waals surface area contributed by atoms with Crippen LogP contribution in [0.25, 0.3) is 0 Å². The SMILES string of the molecule is CCCNCc1ccccc1COc1ccc(Br)c(F)c1. The van der Waals surface area contributed by atoms with Crippen LogP contribution < -0.4 is 10.1 Å². The van der Waals surface area contributed by atoms with Gasteiger partial charge in [0.15, 0.2) is 0 Å². The zero-order valence-electron chi connectivity index (χ0n) is 12.0. The summed E-state index contributed by atoms with van der Waals surface area (Å²) in [7, 11) is 0. The zero-order valence-corrected chi connectivity index (χ0v) is 13.6. The van der Waals surface area contributed by atoms with Gasteiger partial charge in [-0.25, -0.2) is 4.39 Å². The second-order valence-corrected chi connectivity index (χ2v) is 5.66. The van der Waals surface area contributed by atoms with Gasteiger partial charge in [-0.05, 0) is 52.2 Å². The Labute approximate surface area is 133 Å². The van der Waals surface area contributed by atoms with Gasteiger partial charge in [0.25, 0.3) is 0 Å². The van der Waals surface area contributed by atoms with Crippen LogP contribution in [0.15, 0.2) is 46.9 Å². The lowest BCUT2D eigenvalue weighted by atomic mass is 10.1. The first-order chi connectivity index (χ1) is 10.2. The number of ether oxygens (including phenoxy) is 1. The molecule has 0 aliphatic rings. The van der Waals surface area contributed by atoms with Crippen LogP contribution in [0.2, 0.25) is 0 Å². The van der Waals surface area contributed by atoms with E-state index in [1.807, 2.05) is 18.2 Å². The van der Waals surface area contributed by atoms with Crippen molar-refractivity contribution in [3.05, 3.63) is 63.9 Å². The summed E-state index contributed by atoms with van der Waals surface area (Å²) in [6.45, 7) is 4.39. The summed E-state index contributed by atoms with van der Waals surface area (Å²) in [6.07, 6.45) is 1.11. The Kier molecular flexibility index (Phi) is 6.21. The topological polar surface area (TPSA) is 21.3 Å². The highest BCUT2D eigenvalue weighted by Gasteiger charge is 2.05. The first-order valence-electron chi connectivity index (χ1n) is 7.06. The normalized spacial score (nSPS) is 10.6. The van der Waals surface area contributed by atoms with E-state index in [2.05, 4.69) is 34.2 Å². The summed E-state index contributed by atoms with van der Waals surface area (Å²) in [5.41, 5.74) is 2.33. The number of hydrogen-bond acceptors (Lipinski definition) is 2. The fraction of sp³-hybridized carbons (Fsp3) is 0.294. The molecular weight excluding hydrogens is 333 g/mol. The molecule has 0 heterocycles. The molecule has 1 N–H and O–H groups in total. The predicted octanol–water partition coefficient (Wildman–Crippen LogP) is 4.67. The Morgan fingerprint density at radius 3 is 2.62 bits per heavy atom. The van der Waals surface area contributed by atoms with Gasteiger partial charge in [-0.2, -0.15) is 0 Å². The van der Waals surface area contributed by atoms with Gasteiger partial charge in [-0.3, -0.25) is 0 Å². The maximum Gasteiger partial charge on any atom is 0.141 e. The van der Waals surface area contributed by atoms with Gasteiger partial charge in [-0.1, -0.05) is 31.2 Å². The van der Waals surface area contributed by atoms with Gasteiger partial charge in [0, 0.05) is 12.6 Å². The molecule has 0 aliphatic carbocycles. The molecule has 0 aliphatic heterocycles. The molecule has 0 aromatic heterocycles. The van der Waals surface area contributed by atoms with Gasteiger partial charge in [-0.15, -0.1) is 0 Å². The Morgan fingerprint density at radius 2 is 1.90 bits per heavy atom. The van der Waals surface area contributed by atoms with Crippen LogP contribution >= 0.6 is 15.9 Å². The fourth-order valence-corrected chi connectivity index (χ4v) is 2.24. The minimum Gasteiger partial charge on any atom is -0.489 e. The lowest BCUT2D eigenvalue weighted by Gasteiger charge is -2.12. The minimum atomic E-state index is -0.314. The molecule has 0 fully saturated rings. The van der Waals surface area contributed by atoms with Crippen molar-refractivity contribution in [1.29, 1.82) is 0 Å². The molecule has 112 valence electrons. The van der Waals surface area contributed by atoms with Crippen molar-refractivity contribution in [1.82, 2.24) is 5.32 Å². The van der Waals surface area contributed by atoms with E-state index in [1.54, 1.807) is 12.1 Å². The lowest BCUT2D eigenvalue weighted by molar-refractivity contribution is 0.303. The molecule has 0 saturated heterocycles. The molecule has 0 radical (unpaired) electrons. The summed E-state index contributed by atoms with van der Waals surface area (Å²) in [6, 6.07) is 12.9. The van der Waals surface area contributed by atoms with Crippen molar-refractivity contribution in [3.63, 3.8) is 0 Å². The lowest BCUT2D eigenvalue weighted by Crippen LogP contribution is -2.15. The summed E-state index contributed by atoms with van der Waals surface area (Å²) in [5.74, 6) is 0.220. The van der Waals surface area contributed by atoms with E-state index < -0.39 is 0 Å². The number of halogens is 2. The number of rotatable bonds is 7. The number of nitrogens with one attached hydrogen (secondary N) is 1. The Bertz CT molecular complexity index is 589. The van der Waals surface area contributed by atoms with Crippen LogP contribution in [0.1, 0.15) is 24.5 Å². The van der Waals surface area contributed by atoms with Crippen LogP contribution in [0.3, 0.4) is 0 Å². The second-order valence-electron chi connectivity index (χ2n) is 4.81. The Hall–Kier alpha value is -1.39. The highest BCUT2D eigenvalue weighted by Crippen LogP contribution is 2.22. The van der Waals surface area contributed by atoms with Crippen LogP contribution in [-0.2, 0) is 13.2 Å². The van der Waals surface area contributed by atoms with Gasteiger partial charge in [0.05, 0.1) is 4.47 Å². The summed E-state index contributed by atoms with van der Waals surface area (Å²) in [4.78, 5) is 0. The van der Waals surface area contributed by atoms with E-state index in [1.165, 1.54) is 11.6 Å². The molecule has 0 amide bonds. The van der Waals surface area contributed by atoms with Gasteiger partial charge in [0.1, 0.15) is 18.2 Å². The standard InChI is InChI=1S/C17H19BrFNO/c1-2-9-20-11-13-5-3-4-6-14(13)12-21-15-7-8-16(18)17(19)10-15/h3-8,10,20H,2,9,11-12H2,1H3. The van der Waals surface area contributed by atoms with Crippen molar-refractivity contribution in [2.24, 2.45) is 0 Å². The third-order valence-electron chi connectivity index (χ3n) is 3.15. The third kappa shape index (κ3) is 4.83. The molecule has 4 heteroatoms. The van der Waals surface area contributed by atoms with Crippen molar-refractivity contribution < 1.29 is 9.13 Å². The van der Waals surface area contributed by atoms with E-state index in [-0.39, 0.29) is 5.82 Å². The van der Waals surface area contributed by atoms with Gasteiger partial charge >= 0.3 is 0 Å². The molecule has 0 bridgehead atoms. The summed E-state index contributed by atoms with van der Waals surface area (Å²) < 4.78 is 19.6. The molecule has 2 aromatic rings. The minimum absolute atomic E-state index is 0.314. The highest BCUT2D eigenvalue weighted by molar-refractivity contribution is 9.10. The van der Waals surface area contributed by atoms with Crippen LogP contribution in [-0.4, -0.2) is 6.54 Å². The van der Waals surface area contributed by atoms with Crippen LogP contribution in [0, 0.1) is 5.82 Å². The molecule has 21 heavy (non-hydrogen) atoms. The van der Waals surface area contributed by atoms with Crippen molar-refractivity contribution in [3.8, 4) is 5.75 Å². The molecule has 0 atom stereocenters. The van der Waals surface area contributed by atoms with Crippen molar-refractivity contribution in [2.45, 2.75) is 26.5 Å². The van der Waals surface area contributed by atoms with Crippen LogP contribution in [0.5, 0.6) is 5.75 Å². The average molecular weight is 352 g/mol. The number of benzene rings is 2. The van der Waals surface area contributed by atoms with Gasteiger partial charge < -0.3 is 10.1 Å². The molecule has 2 nitrogen and oxygen atoms in total. The summed E-state index contributed by atoms with van der Waals surface area (Å²) in [5, 5.41) is 3.38. The first kappa shape index (κ1) is 16.0. The molecule has 0 saturated carbocycles. The Balaban J connectivity index is 2.00. The maximum absolute atomic E-state index is 13.5. The van der Waals surface area contributed by atoms with Crippen LogP contribution in [0.4, 0.5) is 4.39 Å². The smallest absolute Gasteiger partial charge is 0.141 e. The second kappa shape index (κ2) is 8.15. The maximum atomic E-state index is 13.5. The highest BCUT2D eigenvalue weighted by atomic mass is 79.9.